The number of aromatic nitrogens is 3. The molecular formula is C12H12Cl2N4O. The average Bonchev–Trinajstić information content (AvgIpc) is 2.62. The van der Waals surface area contributed by atoms with Gasteiger partial charge in [0.25, 0.3) is 0 Å². The van der Waals surface area contributed by atoms with Crippen molar-refractivity contribution < 1.29 is 4.79 Å². The van der Waals surface area contributed by atoms with Crippen LogP contribution < -0.4 is 5.32 Å². The number of carbonyl (C=O) groups excluding carboxylic acids is 1. The topological polar surface area (TPSA) is 59.8 Å². The Balaban J connectivity index is 2.05. The van der Waals surface area contributed by atoms with Gasteiger partial charge in [-0.3, -0.25) is 4.79 Å². The van der Waals surface area contributed by atoms with Crippen LogP contribution in [0.25, 0.3) is 0 Å². The van der Waals surface area contributed by atoms with Crippen molar-refractivity contribution in [3.8, 4) is 0 Å². The molecule has 0 aliphatic heterocycles. The highest BCUT2D eigenvalue weighted by Crippen LogP contribution is 2.14. The van der Waals surface area contributed by atoms with Crippen molar-refractivity contribution in [1.29, 1.82) is 0 Å². The minimum atomic E-state index is -0.244. The molecule has 7 heteroatoms. The first kappa shape index (κ1) is 13.8. The largest absolute Gasteiger partial charge is 0.324 e. The van der Waals surface area contributed by atoms with Gasteiger partial charge in [0.05, 0.1) is 0 Å². The fourth-order valence-corrected chi connectivity index (χ4v) is 1.95. The maximum Gasteiger partial charge on any atom is 0.246 e. The second kappa shape index (κ2) is 5.59. The van der Waals surface area contributed by atoms with Crippen LogP contribution in [0.15, 0.2) is 18.2 Å². The number of anilines is 1. The molecule has 1 N–H and O–H groups in total. The van der Waals surface area contributed by atoms with E-state index in [-0.39, 0.29) is 23.0 Å². The molecule has 0 atom stereocenters. The molecule has 0 fully saturated rings. The van der Waals surface area contributed by atoms with E-state index in [9.17, 15) is 4.79 Å². The van der Waals surface area contributed by atoms with Crippen LogP contribution in [0.5, 0.6) is 0 Å². The maximum absolute atomic E-state index is 11.8. The van der Waals surface area contributed by atoms with Crippen molar-refractivity contribution in [3.05, 3.63) is 39.9 Å². The van der Waals surface area contributed by atoms with Crippen LogP contribution in [0.2, 0.25) is 10.6 Å². The van der Waals surface area contributed by atoms with E-state index in [1.54, 1.807) is 0 Å². The number of aryl methyl sites for hydroxylation is 2. The summed E-state index contributed by atoms with van der Waals surface area (Å²) in [5.74, 6) is -0.244. The molecule has 0 aliphatic carbocycles. The van der Waals surface area contributed by atoms with Gasteiger partial charge in [-0.1, -0.05) is 6.07 Å². The Hall–Kier alpha value is -1.59. The highest BCUT2D eigenvalue weighted by atomic mass is 35.5. The summed E-state index contributed by atoms with van der Waals surface area (Å²) >= 11 is 11.4. The second-order valence-corrected chi connectivity index (χ2v) is 4.83. The number of nitrogens with zero attached hydrogens (tertiary/aromatic N) is 3. The molecule has 0 bridgehead atoms. The first-order chi connectivity index (χ1) is 8.95. The monoisotopic (exact) mass is 298 g/mol. The van der Waals surface area contributed by atoms with E-state index < -0.39 is 0 Å². The predicted molar refractivity (Wildman–Crippen MR) is 74.6 cm³/mol. The minimum Gasteiger partial charge on any atom is -0.324 e. The Bertz CT molecular complexity index is 624. The van der Waals surface area contributed by atoms with Gasteiger partial charge in [-0.25, -0.2) is 4.68 Å². The number of hydrogen-bond donors (Lipinski definition) is 1. The van der Waals surface area contributed by atoms with Crippen molar-refractivity contribution in [2.75, 3.05) is 5.32 Å². The van der Waals surface area contributed by atoms with Crippen molar-refractivity contribution in [2.24, 2.45) is 0 Å². The Morgan fingerprint density at radius 1 is 1.32 bits per heavy atom. The van der Waals surface area contributed by atoms with Crippen molar-refractivity contribution in [1.82, 2.24) is 14.8 Å². The van der Waals surface area contributed by atoms with Crippen LogP contribution in [-0.4, -0.2) is 20.7 Å². The lowest BCUT2D eigenvalue weighted by molar-refractivity contribution is -0.116. The fourth-order valence-electron chi connectivity index (χ4n) is 1.55. The van der Waals surface area contributed by atoms with Gasteiger partial charge in [-0.15, -0.1) is 5.10 Å². The highest BCUT2D eigenvalue weighted by Gasteiger charge is 2.10. The van der Waals surface area contributed by atoms with E-state index in [0.717, 1.165) is 11.3 Å². The lowest BCUT2D eigenvalue weighted by atomic mass is 10.1. The number of carbonyl (C=O) groups is 1. The molecule has 0 spiro atoms. The first-order valence-corrected chi connectivity index (χ1v) is 6.34. The van der Waals surface area contributed by atoms with Crippen LogP contribution in [-0.2, 0) is 11.3 Å². The number of halogens is 2. The van der Waals surface area contributed by atoms with E-state index in [4.69, 9.17) is 23.2 Å². The third kappa shape index (κ3) is 3.45. The van der Waals surface area contributed by atoms with E-state index in [0.29, 0.717) is 0 Å². The molecule has 100 valence electrons. The Morgan fingerprint density at radius 3 is 2.63 bits per heavy atom. The molecule has 2 rings (SSSR count). The minimum absolute atomic E-state index is 0.0176. The fraction of sp³-hybridized carbons (Fsp3) is 0.250. The molecule has 1 aromatic heterocycles. The normalized spacial score (nSPS) is 10.5. The molecule has 0 saturated heterocycles. The van der Waals surface area contributed by atoms with Gasteiger partial charge in [-0.05, 0) is 60.3 Å². The number of rotatable bonds is 3. The molecule has 5 nitrogen and oxygen atoms in total. The van der Waals surface area contributed by atoms with Gasteiger partial charge in [0.2, 0.25) is 16.5 Å². The zero-order valence-corrected chi connectivity index (χ0v) is 12.0. The number of amides is 1. The van der Waals surface area contributed by atoms with Crippen LogP contribution in [0.3, 0.4) is 0 Å². The highest BCUT2D eigenvalue weighted by molar-refractivity contribution is 6.31. The van der Waals surface area contributed by atoms with E-state index in [1.165, 1.54) is 10.2 Å². The van der Waals surface area contributed by atoms with Crippen molar-refractivity contribution in [3.63, 3.8) is 0 Å². The average molecular weight is 299 g/mol. The Labute approximate surface area is 120 Å². The first-order valence-electron chi connectivity index (χ1n) is 5.58. The van der Waals surface area contributed by atoms with Gasteiger partial charge < -0.3 is 5.32 Å². The second-order valence-electron chi connectivity index (χ2n) is 4.15. The lowest BCUT2D eigenvalue weighted by Crippen LogP contribution is -2.19. The predicted octanol–water partition coefficient (Wildman–Crippen LogP) is 2.84. The van der Waals surface area contributed by atoms with Crippen LogP contribution >= 0.6 is 23.2 Å². The van der Waals surface area contributed by atoms with E-state index in [2.05, 4.69) is 15.4 Å². The summed E-state index contributed by atoms with van der Waals surface area (Å²) in [5.41, 5.74) is 3.01. The third-order valence-electron chi connectivity index (χ3n) is 2.68. The summed E-state index contributed by atoms with van der Waals surface area (Å²) in [6, 6.07) is 5.70. The SMILES string of the molecule is Cc1ccc(NC(=O)Cn2nc(Cl)nc2Cl)cc1C. The van der Waals surface area contributed by atoms with Gasteiger partial charge in [0, 0.05) is 5.69 Å². The molecule has 0 unspecified atom stereocenters. The number of nitrogens with one attached hydrogen (secondary N) is 1. The zero-order valence-electron chi connectivity index (χ0n) is 10.4. The van der Waals surface area contributed by atoms with Crippen molar-refractivity contribution in [2.45, 2.75) is 20.4 Å². The summed E-state index contributed by atoms with van der Waals surface area (Å²) in [6.45, 7) is 3.96. The summed E-state index contributed by atoms with van der Waals surface area (Å²) in [6.07, 6.45) is 0. The van der Waals surface area contributed by atoms with Crippen molar-refractivity contribution >= 4 is 34.8 Å². The molecular weight excluding hydrogens is 287 g/mol. The Kier molecular flexibility index (Phi) is 4.07. The molecule has 1 aromatic carbocycles. The number of benzene rings is 1. The summed E-state index contributed by atoms with van der Waals surface area (Å²) in [7, 11) is 0. The molecule has 19 heavy (non-hydrogen) atoms. The van der Waals surface area contributed by atoms with Crippen LogP contribution in [0.1, 0.15) is 11.1 Å². The quantitative estimate of drug-likeness (QED) is 0.948. The summed E-state index contributed by atoms with van der Waals surface area (Å²) in [5, 5.41) is 6.67. The van der Waals surface area contributed by atoms with Crippen LogP contribution in [0, 0.1) is 13.8 Å². The lowest BCUT2D eigenvalue weighted by Gasteiger charge is -2.07. The van der Waals surface area contributed by atoms with Gasteiger partial charge in [-0.2, -0.15) is 4.98 Å². The molecule has 1 heterocycles. The van der Waals surface area contributed by atoms with Gasteiger partial charge in [0.1, 0.15) is 6.54 Å². The molecule has 1 amide bonds. The smallest absolute Gasteiger partial charge is 0.246 e. The van der Waals surface area contributed by atoms with Gasteiger partial charge >= 0.3 is 0 Å². The standard InChI is InChI=1S/C12H12Cl2N4O/c1-7-3-4-9(5-8(7)2)15-10(19)6-18-12(14)16-11(13)17-18/h3-5H,6H2,1-2H3,(H,15,19). The summed E-state index contributed by atoms with van der Waals surface area (Å²) < 4.78 is 1.24. The Morgan fingerprint density at radius 2 is 2.05 bits per heavy atom. The van der Waals surface area contributed by atoms with E-state index >= 15 is 0 Å². The van der Waals surface area contributed by atoms with Crippen LogP contribution in [0.4, 0.5) is 5.69 Å². The molecule has 0 radical (unpaired) electrons. The molecule has 0 saturated carbocycles. The molecule has 2 aromatic rings. The summed E-state index contributed by atoms with van der Waals surface area (Å²) in [4.78, 5) is 15.5. The zero-order chi connectivity index (χ0) is 14.0. The van der Waals surface area contributed by atoms with E-state index in [1.807, 2.05) is 32.0 Å². The number of hydrogen-bond acceptors (Lipinski definition) is 3. The third-order valence-corrected chi connectivity index (χ3v) is 3.12. The molecule has 0 aliphatic rings. The maximum atomic E-state index is 11.8. The van der Waals surface area contributed by atoms with Gasteiger partial charge in [0.15, 0.2) is 0 Å².